The monoisotopic (exact) mass is 365 g/mol. The zero-order valence-corrected chi connectivity index (χ0v) is 16.5. The van der Waals surface area contributed by atoms with Gasteiger partial charge in [-0.15, -0.1) is 0 Å². The molecule has 1 fully saturated rings. The fourth-order valence-electron chi connectivity index (χ4n) is 3.61. The van der Waals surface area contributed by atoms with Crippen molar-refractivity contribution in [3.8, 4) is 5.75 Å². The zero-order chi connectivity index (χ0) is 19.6. The number of carbonyl (C=O) groups is 2. The van der Waals surface area contributed by atoms with Gasteiger partial charge in [0, 0.05) is 18.7 Å². The van der Waals surface area contributed by atoms with Gasteiger partial charge in [-0.3, -0.25) is 9.59 Å². The van der Waals surface area contributed by atoms with Crippen molar-refractivity contribution in [3.63, 3.8) is 0 Å². The molecule has 1 amide bonds. The van der Waals surface area contributed by atoms with Crippen molar-refractivity contribution in [1.82, 2.24) is 0 Å². The molecule has 2 aromatic carbocycles. The van der Waals surface area contributed by atoms with Crippen molar-refractivity contribution in [3.05, 3.63) is 59.2 Å². The molecule has 0 saturated carbocycles. The van der Waals surface area contributed by atoms with E-state index in [1.54, 1.807) is 4.90 Å². The van der Waals surface area contributed by atoms with Crippen molar-refractivity contribution in [2.45, 2.75) is 46.5 Å². The summed E-state index contributed by atoms with van der Waals surface area (Å²) in [6.07, 6.45) is 1.16. The van der Waals surface area contributed by atoms with E-state index in [4.69, 9.17) is 4.74 Å². The average Bonchev–Trinajstić information content (AvgIpc) is 3.02. The summed E-state index contributed by atoms with van der Waals surface area (Å²) in [5, 5.41) is 0. The van der Waals surface area contributed by atoms with Crippen LogP contribution in [0, 0.1) is 19.8 Å². The molecule has 0 aromatic heterocycles. The number of hydrogen-bond donors (Lipinski definition) is 0. The number of hydrogen-bond acceptors (Lipinski definition) is 3. The number of para-hydroxylation sites is 1. The summed E-state index contributed by atoms with van der Waals surface area (Å²) >= 11 is 0. The molecule has 0 N–H and O–H groups in total. The van der Waals surface area contributed by atoms with Crippen LogP contribution < -0.4 is 9.64 Å². The van der Waals surface area contributed by atoms with Gasteiger partial charge >= 0.3 is 5.97 Å². The zero-order valence-electron chi connectivity index (χ0n) is 16.5. The molecule has 142 valence electrons. The van der Waals surface area contributed by atoms with Gasteiger partial charge in [-0.1, -0.05) is 38.1 Å². The van der Waals surface area contributed by atoms with Crippen LogP contribution in [0.2, 0.25) is 0 Å². The van der Waals surface area contributed by atoms with Gasteiger partial charge in [0.25, 0.3) is 0 Å². The predicted molar refractivity (Wildman–Crippen MR) is 107 cm³/mol. The number of carbonyl (C=O) groups excluding carboxylic acids is 2. The van der Waals surface area contributed by atoms with Crippen LogP contribution in [0.15, 0.2) is 42.5 Å². The number of ether oxygens (including phenoxy) is 1. The second-order valence-electron chi connectivity index (χ2n) is 7.52. The van der Waals surface area contributed by atoms with Crippen LogP contribution in [0.3, 0.4) is 0 Å². The minimum Gasteiger partial charge on any atom is -0.426 e. The summed E-state index contributed by atoms with van der Waals surface area (Å²) < 4.78 is 5.71. The molecule has 3 rings (SSSR count). The maximum absolute atomic E-state index is 12.7. The largest absolute Gasteiger partial charge is 0.426 e. The number of anilines is 1. The quantitative estimate of drug-likeness (QED) is 0.566. The first kappa shape index (κ1) is 19.2. The molecule has 0 unspecified atom stereocenters. The van der Waals surface area contributed by atoms with Gasteiger partial charge in [-0.2, -0.15) is 0 Å². The number of benzene rings is 2. The molecule has 0 radical (unpaired) electrons. The van der Waals surface area contributed by atoms with Gasteiger partial charge in [0.15, 0.2) is 0 Å². The Hall–Kier alpha value is -2.62. The molecule has 4 heteroatoms. The van der Waals surface area contributed by atoms with E-state index in [0.717, 1.165) is 28.8 Å². The molecule has 1 heterocycles. The number of nitrogens with zero attached hydrogens (tertiary/aromatic N) is 1. The molecular weight excluding hydrogens is 338 g/mol. The lowest BCUT2D eigenvalue weighted by atomic mass is 9.98. The highest BCUT2D eigenvalue weighted by Crippen LogP contribution is 2.31. The number of amides is 1. The van der Waals surface area contributed by atoms with Crippen LogP contribution >= 0.6 is 0 Å². The van der Waals surface area contributed by atoms with E-state index in [2.05, 4.69) is 19.9 Å². The number of aryl methyl sites for hydroxylation is 2. The van der Waals surface area contributed by atoms with E-state index in [1.807, 2.05) is 50.2 Å². The average molecular weight is 365 g/mol. The topological polar surface area (TPSA) is 46.6 Å². The van der Waals surface area contributed by atoms with Crippen LogP contribution in [-0.2, 0) is 9.59 Å². The van der Waals surface area contributed by atoms with Crippen LogP contribution in [0.5, 0.6) is 5.75 Å². The van der Waals surface area contributed by atoms with E-state index in [-0.39, 0.29) is 18.3 Å². The normalized spacial score (nSPS) is 17.9. The highest BCUT2D eigenvalue weighted by molar-refractivity contribution is 5.99. The third-order valence-electron chi connectivity index (χ3n) is 5.25. The second-order valence-corrected chi connectivity index (χ2v) is 7.52. The lowest BCUT2D eigenvalue weighted by Gasteiger charge is -2.18. The Kier molecular flexibility index (Phi) is 5.64. The van der Waals surface area contributed by atoms with Crippen molar-refractivity contribution >= 4 is 17.6 Å². The number of rotatable bonds is 5. The van der Waals surface area contributed by atoms with Gasteiger partial charge in [0.1, 0.15) is 5.75 Å². The second kappa shape index (κ2) is 7.95. The highest BCUT2D eigenvalue weighted by Gasteiger charge is 2.36. The first-order chi connectivity index (χ1) is 12.9. The van der Waals surface area contributed by atoms with E-state index in [9.17, 15) is 9.59 Å². The Morgan fingerprint density at radius 2 is 1.85 bits per heavy atom. The molecule has 0 spiro atoms. The molecule has 1 saturated heterocycles. The van der Waals surface area contributed by atoms with Gasteiger partial charge in [-0.25, -0.2) is 0 Å². The third-order valence-corrected chi connectivity index (χ3v) is 5.25. The number of esters is 1. The Labute approximate surface area is 161 Å². The minimum atomic E-state index is -0.441. The molecule has 1 aliphatic heterocycles. The molecule has 4 nitrogen and oxygen atoms in total. The van der Waals surface area contributed by atoms with Crippen molar-refractivity contribution in [2.24, 2.45) is 5.92 Å². The van der Waals surface area contributed by atoms with E-state index >= 15 is 0 Å². The summed E-state index contributed by atoms with van der Waals surface area (Å²) in [5.74, 6) is 0.117. The molecular formula is C23H27NO3. The summed E-state index contributed by atoms with van der Waals surface area (Å²) in [7, 11) is 0. The van der Waals surface area contributed by atoms with Gasteiger partial charge in [0.2, 0.25) is 5.91 Å². The van der Waals surface area contributed by atoms with E-state index in [1.165, 1.54) is 0 Å². The fourth-order valence-corrected chi connectivity index (χ4v) is 3.61. The van der Waals surface area contributed by atoms with Crippen molar-refractivity contribution in [1.29, 1.82) is 0 Å². The first-order valence-corrected chi connectivity index (χ1v) is 9.58. The van der Waals surface area contributed by atoms with E-state index in [0.29, 0.717) is 18.2 Å². The Balaban J connectivity index is 1.75. The van der Waals surface area contributed by atoms with Crippen LogP contribution in [0.1, 0.15) is 49.3 Å². The SMILES string of the molecule is CC[C@H](C)c1ccccc1OC(=O)[C@@H]1CC(=O)N(c2cc(C)cc(C)c2)C1. The van der Waals surface area contributed by atoms with Gasteiger partial charge in [0.05, 0.1) is 5.92 Å². The molecule has 2 atom stereocenters. The summed E-state index contributed by atoms with van der Waals surface area (Å²) in [4.78, 5) is 26.9. The predicted octanol–water partition coefficient (Wildman–Crippen LogP) is 4.78. The van der Waals surface area contributed by atoms with Crippen LogP contribution in [0.25, 0.3) is 0 Å². The summed E-state index contributed by atoms with van der Waals surface area (Å²) in [6.45, 7) is 8.61. The Morgan fingerprint density at radius 3 is 2.52 bits per heavy atom. The Morgan fingerprint density at radius 1 is 1.19 bits per heavy atom. The van der Waals surface area contributed by atoms with Crippen LogP contribution in [-0.4, -0.2) is 18.4 Å². The fraction of sp³-hybridized carbons (Fsp3) is 0.391. The van der Waals surface area contributed by atoms with Crippen molar-refractivity contribution < 1.29 is 14.3 Å². The molecule has 2 aromatic rings. The van der Waals surface area contributed by atoms with Crippen molar-refractivity contribution in [2.75, 3.05) is 11.4 Å². The smallest absolute Gasteiger partial charge is 0.316 e. The summed E-state index contributed by atoms with van der Waals surface area (Å²) in [6, 6.07) is 13.7. The Bertz CT molecular complexity index is 838. The lowest BCUT2D eigenvalue weighted by molar-refractivity contribution is -0.139. The van der Waals surface area contributed by atoms with E-state index < -0.39 is 5.92 Å². The third kappa shape index (κ3) is 4.21. The standard InChI is InChI=1S/C23H27NO3/c1-5-17(4)20-8-6-7-9-21(20)27-23(26)18-13-22(25)24(14-18)19-11-15(2)10-16(3)12-19/h6-12,17-18H,5,13-14H2,1-4H3/t17-,18+/m0/s1. The molecule has 1 aliphatic rings. The molecule has 0 aliphatic carbocycles. The molecule has 0 bridgehead atoms. The maximum Gasteiger partial charge on any atom is 0.316 e. The van der Waals surface area contributed by atoms with Crippen LogP contribution in [0.4, 0.5) is 5.69 Å². The maximum atomic E-state index is 12.7. The first-order valence-electron chi connectivity index (χ1n) is 9.58. The molecule has 27 heavy (non-hydrogen) atoms. The lowest BCUT2D eigenvalue weighted by Crippen LogP contribution is -2.27. The van der Waals surface area contributed by atoms with Gasteiger partial charge < -0.3 is 9.64 Å². The minimum absolute atomic E-state index is 0.0304. The van der Waals surface area contributed by atoms with Gasteiger partial charge in [-0.05, 0) is 61.1 Å². The summed E-state index contributed by atoms with van der Waals surface area (Å²) in [5.41, 5.74) is 4.09. The highest BCUT2D eigenvalue weighted by atomic mass is 16.5.